The molecule has 1 aliphatic heterocycles. The van der Waals surface area contributed by atoms with Gasteiger partial charge in [-0.05, 0) is 142 Å². The summed E-state index contributed by atoms with van der Waals surface area (Å²) in [4.78, 5) is 2.44. The zero-order chi connectivity index (χ0) is 40.7. The van der Waals surface area contributed by atoms with Crippen LogP contribution in [0.5, 0.6) is 0 Å². The molecule has 7 aromatic rings. The first-order valence-corrected chi connectivity index (χ1v) is 21.3. The van der Waals surface area contributed by atoms with Crippen LogP contribution >= 0.6 is 0 Å². The monoisotopic (exact) mass is 767 g/mol. The van der Waals surface area contributed by atoms with Crippen LogP contribution in [0.25, 0.3) is 55.3 Å². The molecule has 3 aliphatic rings. The van der Waals surface area contributed by atoms with E-state index in [1.807, 2.05) is 27.7 Å². The summed E-state index contributed by atoms with van der Waals surface area (Å²) >= 11 is 0. The lowest BCUT2D eigenvalue weighted by molar-refractivity contribution is 0.851. The lowest BCUT2D eigenvalue weighted by Gasteiger charge is -2.31. The number of nitrogens with two attached hydrogens (primary N) is 1. The number of anilines is 5. The molecule has 1 heterocycles. The fourth-order valence-corrected chi connectivity index (χ4v) is 8.55. The zero-order valence-electron chi connectivity index (χ0n) is 34.7. The van der Waals surface area contributed by atoms with E-state index in [0.29, 0.717) is 0 Å². The molecule has 0 aromatic heterocycles. The van der Waals surface area contributed by atoms with Crippen LogP contribution in [0, 0.1) is 0 Å². The molecule has 0 bridgehead atoms. The summed E-state index contributed by atoms with van der Waals surface area (Å²) in [6.07, 6.45) is 15.7. The molecule has 0 spiro atoms. The van der Waals surface area contributed by atoms with Crippen molar-refractivity contribution in [3.05, 3.63) is 199 Å². The predicted octanol–water partition coefficient (Wildman–Crippen LogP) is 16.2. The van der Waals surface area contributed by atoms with Crippen molar-refractivity contribution in [3.8, 4) is 44.5 Å². The summed E-state index contributed by atoms with van der Waals surface area (Å²) in [5.41, 5.74) is 25.6. The maximum atomic E-state index is 6.80. The molecule has 2 aliphatic carbocycles. The van der Waals surface area contributed by atoms with E-state index in [2.05, 4.69) is 192 Å². The van der Waals surface area contributed by atoms with Gasteiger partial charge in [-0.15, -0.1) is 0 Å². The van der Waals surface area contributed by atoms with Crippen molar-refractivity contribution in [3.63, 3.8) is 0 Å². The number of nitrogen functional groups attached to an aromatic ring is 1. The van der Waals surface area contributed by atoms with Gasteiger partial charge < -0.3 is 16.0 Å². The molecule has 0 saturated heterocycles. The Morgan fingerprint density at radius 3 is 1.93 bits per heavy atom. The molecule has 0 saturated carbocycles. The molecular weight excluding hydrogens is 715 g/mol. The molecule has 0 unspecified atom stereocenters. The molecule has 7 aromatic carbocycles. The van der Waals surface area contributed by atoms with Gasteiger partial charge in [-0.3, -0.25) is 0 Å². The average molecular weight is 768 g/mol. The van der Waals surface area contributed by atoms with E-state index < -0.39 is 0 Å². The van der Waals surface area contributed by atoms with Crippen molar-refractivity contribution in [2.45, 2.75) is 53.4 Å². The van der Waals surface area contributed by atoms with Gasteiger partial charge in [0.1, 0.15) is 0 Å². The lowest BCUT2D eigenvalue weighted by atomic mass is 9.88. The van der Waals surface area contributed by atoms with Gasteiger partial charge in [-0.2, -0.15) is 0 Å². The van der Waals surface area contributed by atoms with Crippen LogP contribution in [-0.4, -0.2) is 0 Å². The fourth-order valence-electron chi connectivity index (χ4n) is 8.55. The minimum absolute atomic E-state index is 0.767. The Kier molecular flexibility index (Phi) is 11.7. The average Bonchev–Trinajstić information content (AvgIpc) is 3.32. The molecule has 0 amide bonds. The van der Waals surface area contributed by atoms with Gasteiger partial charge in [0, 0.05) is 50.6 Å². The molecule has 0 fully saturated rings. The molecule has 3 nitrogen and oxygen atoms in total. The van der Waals surface area contributed by atoms with Crippen LogP contribution in [0.2, 0.25) is 0 Å². The van der Waals surface area contributed by atoms with Gasteiger partial charge in [0.25, 0.3) is 0 Å². The van der Waals surface area contributed by atoms with Crippen molar-refractivity contribution in [1.29, 1.82) is 0 Å². The quantitative estimate of drug-likeness (QED) is 0.159. The number of nitrogens with one attached hydrogen (secondary N) is 1. The summed E-state index contributed by atoms with van der Waals surface area (Å²) in [6.45, 7) is 8.00. The standard InChI is InChI=1S/C52H41N3.2C2H6/c53-49-30-25-40(33-47(49)42-31-41-16-10-20-51-52(41)48(34-42)46-18-7-8-19-50(46)54-51)39-15-9-17-45(32-39)55(43-26-21-37(22-27-43)35-11-3-1-4-12-35)44-28-23-38(24-29-44)36-13-5-2-6-14-36;2*1-2/h1-5,7-13,15-23,25-28,30-34,54H,6,14,24,29,53H2;2*1-2H3. The van der Waals surface area contributed by atoms with Gasteiger partial charge in [0.05, 0.1) is 0 Å². The lowest BCUT2D eigenvalue weighted by Crippen LogP contribution is -2.18. The highest BCUT2D eigenvalue weighted by atomic mass is 15.1. The van der Waals surface area contributed by atoms with Crippen molar-refractivity contribution in [2.75, 3.05) is 16.0 Å². The predicted molar refractivity (Wildman–Crippen MR) is 257 cm³/mol. The smallest absolute Gasteiger partial charge is 0.0470 e. The van der Waals surface area contributed by atoms with E-state index in [1.165, 1.54) is 49.9 Å². The van der Waals surface area contributed by atoms with Gasteiger partial charge >= 0.3 is 0 Å². The zero-order valence-corrected chi connectivity index (χ0v) is 34.7. The third-order valence-corrected chi connectivity index (χ3v) is 11.3. The Balaban J connectivity index is 0.00000118. The first kappa shape index (κ1) is 39.0. The molecule has 10 rings (SSSR count). The van der Waals surface area contributed by atoms with E-state index in [1.54, 1.807) is 0 Å². The van der Waals surface area contributed by atoms with E-state index in [9.17, 15) is 0 Å². The highest BCUT2D eigenvalue weighted by Gasteiger charge is 2.22. The van der Waals surface area contributed by atoms with E-state index in [4.69, 9.17) is 5.73 Å². The molecule has 59 heavy (non-hydrogen) atoms. The summed E-state index contributed by atoms with van der Waals surface area (Å²) in [5.74, 6) is 0. The summed E-state index contributed by atoms with van der Waals surface area (Å²) in [7, 11) is 0. The number of benzene rings is 7. The number of fused-ring (bicyclic) bond motifs is 2. The normalized spacial score (nSPS) is 13.6. The minimum atomic E-state index is 0.767. The summed E-state index contributed by atoms with van der Waals surface area (Å²) < 4.78 is 0. The topological polar surface area (TPSA) is 41.3 Å². The SMILES string of the molecule is CC.CC.Nc1ccc(-c2cccc(N(C3=CC=C(C4=CC=CCC4)CC3)c3ccc(-c4ccccc4)cc3)c2)cc1-c1cc2c3c(cccc3c1)Nc1ccccc1-2. The Morgan fingerprint density at radius 1 is 0.475 bits per heavy atom. The molecule has 0 radical (unpaired) electrons. The van der Waals surface area contributed by atoms with Crippen LogP contribution < -0.4 is 16.0 Å². The third-order valence-electron chi connectivity index (χ3n) is 11.3. The van der Waals surface area contributed by atoms with Crippen molar-refractivity contribution < 1.29 is 0 Å². The molecule has 292 valence electrons. The van der Waals surface area contributed by atoms with E-state index in [-0.39, 0.29) is 0 Å². The second-order valence-electron chi connectivity index (χ2n) is 14.7. The number of para-hydroxylation sites is 1. The van der Waals surface area contributed by atoms with Gasteiger partial charge in [0.2, 0.25) is 0 Å². The molecule has 0 atom stereocenters. The third kappa shape index (κ3) is 7.89. The summed E-state index contributed by atoms with van der Waals surface area (Å²) in [6, 6.07) is 54.7. The Morgan fingerprint density at radius 2 is 1.15 bits per heavy atom. The Labute approximate surface area is 350 Å². The number of hydrogen-bond donors (Lipinski definition) is 2. The van der Waals surface area contributed by atoms with E-state index in [0.717, 1.165) is 76.4 Å². The van der Waals surface area contributed by atoms with Crippen molar-refractivity contribution in [2.24, 2.45) is 0 Å². The minimum Gasteiger partial charge on any atom is -0.398 e. The second-order valence-corrected chi connectivity index (χ2v) is 14.7. The van der Waals surface area contributed by atoms with Crippen LogP contribution in [0.15, 0.2) is 199 Å². The number of allylic oxidation sites excluding steroid dienone is 8. The van der Waals surface area contributed by atoms with Crippen LogP contribution in [0.4, 0.5) is 28.4 Å². The Hall–Kier alpha value is -6.84. The highest BCUT2D eigenvalue weighted by molar-refractivity contribution is 6.13. The maximum Gasteiger partial charge on any atom is 0.0470 e. The van der Waals surface area contributed by atoms with Crippen LogP contribution in [0.1, 0.15) is 53.4 Å². The fraction of sp³-hybridized carbons (Fsp3) is 0.143. The largest absolute Gasteiger partial charge is 0.398 e. The van der Waals surface area contributed by atoms with Gasteiger partial charge in [-0.1, -0.05) is 143 Å². The molecule has 3 N–H and O–H groups in total. The first-order chi connectivity index (χ1) is 29.2. The van der Waals surface area contributed by atoms with Crippen LogP contribution in [0.3, 0.4) is 0 Å². The number of hydrogen-bond acceptors (Lipinski definition) is 3. The van der Waals surface area contributed by atoms with Gasteiger partial charge in [0.15, 0.2) is 0 Å². The van der Waals surface area contributed by atoms with E-state index >= 15 is 0 Å². The number of nitrogens with zero attached hydrogens (tertiary/aromatic N) is 1. The Bertz CT molecular complexity index is 2730. The molecular formula is C56H53N3. The molecule has 3 heteroatoms. The first-order valence-electron chi connectivity index (χ1n) is 21.3. The summed E-state index contributed by atoms with van der Waals surface area (Å²) in [5, 5.41) is 6.08. The number of rotatable bonds is 7. The second kappa shape index (κ2) is 17.7. The maximum absolute atomic E-state index is 6.80. The van der Waals surface area contributed by atoms with Crippen molar-refractivity contribution >= 4 is 39.2 Å². The van der Waals surface area contributed by atoms with Crippen molar-refractivity contribution in [1.82, 2.24) is 0 Å². The van der Waals surface area contributed by atoms with Crippen LogP contribution in [-0.2, 0) is 0 Å². The van der Waals surface area contributed by atoms with Gasteiger partial charge in [-0.25, -0.2) is 0 Å². The highest BCUT2D eigenvalue weighted by Crippen LogP contribution is 2.47.